The lowest BCUT2D eigenvalue weighted by atomic mass is 10.2. The van der Waals surface area contributed by atoms with E-state index >= 15 is 0 Å². The van der Waals surface area contributed by atoms with Crippen molar-refractivity contribution in [1.82, 2.24) is 4.31 Å². The number of halogens is 1. The fourth-order valence-electron chi connectivity index (χ4n) is 2.86. The average Bonchev–Trinajstić information content (AvgIpc) is 2.80. The first-order valence-electron chi connectivity index (χ1n) is 9.76. The standard InChI is InChI=1S/C23H22ClN3O5S/c1-27(33(30,31)21-13-5-17(24)6-14-21)15-22(28)25-18-7-3-16(4-8-18)23(29)26-19-9-11-20(32-2)12-10-19/h3-14H,15H2,1-2H3,(H,25,28)(H,26,29). The molecule has 33 heavy (non-hydrogen) atoms. The molecule has 0 aliphatic carbocycles. The zero-order valence-electron chi connectivity index (χ0n) is 17.9. The van der Waals surface area contributed by atoms with Gasteiger partial charge in [-0.25, -0.2) is 8.42 Å². The minimum atomic E-state index is -3.84. The number of ether oxygens (including phenoxy) is 1. The van der Waals surface area contributed by atoms with Crippen LogP contribution in [0.5, 0.6) is 5.75 Å². The van der Waals surface area contributed by atoms with E-state index in [0.717, 1.165) is 4.31 Å². The summed E-state index contributed by atoms with van der Waals surface area (Å²) in [6.45, 7) is -0.384. The smallest absolute Gasteiger partial charge is 0.255 e. The molecule has 3 aromatic rings. The topological polar surface area (TPSA) is 105 Å². The van der Waals surface area contributed by atoms with Gasteiger partial charge in [-0.3, -0.25) is 9.59 Å². The van der Waals surface area contributed by atoms with Gasteiger partial charge in [-0.15, -0.1) is 0 Å². The molecule has 0 fully saturated rings. The number of methoxy groups -OCH3 is 1. The summed E-state index contributed by atoms with van der Waals surface area (Å²) in [5, 5.41) is 5.80. The first kappa shape index (κ1) is 24.2. The number of rotatable bonds is 8. The molecule has 0 spiro atoms. The number of nitrogens with one attached hydrogen (secondary N) is 2. The highest BCUT2D eigenvalue weighted by Crippen LogP contribution is 2.19. The quantitative estimate of drug-likeness (QED) is 0.502. The summed E-state index contributed by atoms with van der Waals surface area (Å²) >= 11 is 5.80. The number of amides is 2. The Bertz CT molecular complexity index is 1230. The first-order valence-corrected chi connectivity index (χ1v) is 11.6. The van der Waals surface area contributed by atoms with Crippen LogP contribution in [0.2, 0.25) is 5.02 Å². The molecule has 172 valence electrons. The summed E-state index contributed by atoms with van der Waals surface area (Å²) < 4.78 is 31.2. The van der Waals surface area contributed by atoms with Crippen molar-refractivity contribution in [2.45, 2.75) is 4.90 Å². The molecule has 0 heterocycles. The fourth-order valence-corrected chi connectivity index (χ4v) is 4.11. The molecule has 0 saturated carbocycles. The molecule has 0 unspecified atom stereocenters. The van der Waals surface area contributed by atoms with Crippen LogP contribution < -0.4 is 15.4 Å². The lowest BCUT2D eigenvalue weighted by Gasteiger charge is -2.17. The van der Waals surface area contributed by atoms with Crippen LogP contribution in [-0.4, -0.2) is 45.2 Å². The summed E-state index contributed by atoms with van der Waals surface area (Å²) in [6, 6.07) is 18.8. The summed E-state index contributed by atoms with van der Waals surface area (Å²) in [5.74, 6) is -0.156. The maximum atomic E-state index is 12.6. The van der Waals surface area contributed by atoms with E-state index in [9.17, 15) is 18.0 Å². The summed E-state index contributed by atoms with van der Waals surface area (Å²) in [7, 11) is -0.967. The Morgan fingerprint density at radius 1 is 0.879 bits per heavy atom. The number of anilines is 2. The zero-order chi connectivity index (χ0) is 24.0. The van der Waals surface area contributed by atoms with Crippen LogP contribution in [0.3, 0.4) is 0 Å². The van der Waals surface area contributed by atoms with Gasteiger partial charge >= 0.3 is 0 Å². The van der Waals surface area contributed by atoms with E-state index in [4.69, 9.17) is 16.3 Å². The molecular weight excluding hydrogens is 466 g/mol. The Morgan fingerprint density at radius 3 is 2.00 bits per heavy atom. The second kappa shape index (κ2) is 10.5. The van der Waals surface area contributed by atoms with E-state index in [2.05, 4.69) is 10.6 Å². The van der Waals surface area contributed by atoms with Gasteiger partial charge in [0.1, 0.15) is 5.75 Å². The highest BCUT2D eigenvalue weighted by Gasteiger charge is 2.23. The van der Waals surface area contributed by atoms with Gasteiger partial charge in [0, 0.05) is 29.0 Å². The minimum Gasteiger partial charge on any atom is -0.497 e. The van der Waals surface area contributed by atoms with Gasteiger partial charge in [-0.1, -0.05) is 11.6 Å². The SMILES string of the molecule is COc1ccc(NC(=O)c2ccc(NC(=O)CN(C)S(=O)(=O)c3ccc(Cl)cc3)cc2)cc1. The lowest BCUT2D eigenvalue weighted by molar-refractivity contribution is -0.116. The Labute approximate surface area is 197 Å². The van der Waals surface area contributed by atoms with Crippen molar-refractivity contribution < 1.29 is 22.7 Å². The maximum absolute atomic E-state index is 12.6. The highest BCUT2D eigenvalue weighted by molar-refractivity contribution is 7.89. The van der Waals surface area contributed by atoms with Crippen LogP contribution in [0.1, 0.15) is 10.4 Å². The van der Waals surface area contributed by atoms with E-state index in [1.807, 2.05) is 0 Å². The van der Waals surface area contributed by atoms with Crippen LogP contribution in [0.15, 0.2) is 77.7 Å². The van der Waals surface area contributed by atoms with Crippen molar-refractivity contribution in [1.29, 1.82) is 0 Å². The van der Waals surface area contributed by atoms with Crippen LogP contribution >= 0.6 is 11.6 Å². The van der Waals surface area contributed by atoms with Gasteiger partial charge < -0.3 is 15.4 Å². The van der Waals surface area contributed by atoms with Crippen molar-refractivity contribution in [3.63, 3.8) is 0 Å². The van der Waals surface area contributed by atoms with Crippen LogP contribution in [0.4, 0.5) is 11.4 Å². The van der Waals surface area contributed by atoms with E-state index in [1.54, 1.807) is 55.6 Å². The summed E-state index contributed by atoms with van der Waals surface area (Å²) in [6.07, 6.45) is 0. The summed E-state index contributed by atoms with van der Waals surface area (Å²) in [5.41, 5.74) is 1.44. The number of sulfonamides is 1. The molecule has 2 N–H and O–H groups in total. The molecule has 0 bridgehead atoms. The normalized spacial score (nSPS) is 11.2. The Balaban J connectivity index is 1.57. The van der Waals surface area contributed by atoms with Crippen molar-refractivity contribution in [2.24, 2.45) is 0 Å². The van der Waals surface area contributed by atoms with E-state index in [1.165, 1.54) is 31.3 Å². The summed E-state index contributed by atoms with van der Waals surface area (Å²) in [4.78, 5) is 24.8. The molecule has 0 aliphatic heterocycles. The number of carbonyl (C=O) groups excluding carboxylic acids is 2. The van der Waals surface area contributed by atoms with E-state index in [0.29, 0.717) is 27.7 Å². The molecule has 0 radical (unpaired) electrons. The highest BCUT2D eigenvalue weighted by atomic mass is 35.5. The Hall–Kier alpha value is -3.40. The average molecular weight is 488 g/mol. The van der Waals surface area contributed by atoms with Crippen molar-refractivity contribution in [3.8, 4) is 5.75 Å². The predicted molar refractivity (Wildman–Crippen MR) is 127 cm³/mol. The predicted octanol–water partition coefficient (Wildman–Crippen LogP) is 3.86. The zero-order valence-corrected chi connectivity index (χ0v) is 19.5. The molecule has 10 heteroatoms. The largest absolute Gasteiger partial charge is 0.497 e. The van der Waals surface area contributed by atoms with Gasteiger partial charge in [0.25, 0.3) is 5.91 Å². The van der Waals surface area contributed by atoms with E-state index < -0.39 is 15.9 Å². The Kier molecular flexibility index (Phi) is 7.70. The molecule has 3 rings (SSSR count). The second-order valence-corrected chi connectivity index (χ2v) is 9.50. The molecule has 0 saturated heterocycles. The lowest BCUT2D eigenvalue weighted by Crippen LogP contribution is -2.34. The molecule has 2 amide bonds. The van der Waals surface area contributed by atoms with Crippen molar-refractivity contribution >= 4 is 44.8 Å². The Morgan fingerprint density at radius 2 is 1.42 bits per heavy atom. The number of hydrogen-bond donors (Lipinski definition) is 2. The van der Waals surface area contributed by atoms with Gasteiger partial charge in [-0.05, 0) is 72.8 Å². The maximum Gasteiger partial charge on any atom is 0.255 e. The van der Waals surface area contributed by atoms with E-state index in [-0.39, 0.29) is 17.3 Å². The second-order valence-electron chi connectivity index (χ2n) is 7.02. The molecular formula is C23H22ClN3O5S. The number of carbonyl (C=O) groups is 2. The number of nitrogens with zero attached hydrogens (tertiary/aromatic N) is 1. The van der Waals surface area contributed by atoms with Crippen LogP contribution in [-0.2, 0) is 14.8 Å². The molecule has 3 aromatic carbocycles. The number of hydrogen-bond acceptors (Lipinski definition) is 5. The molecule has 0 atom stereocenters. The molecule has 0 aromatic heterocycles. The van der Waals surface area contributed by atoms with Crippen molar-refractivity contribution in [3.05, 3.63) is 83.4 Å². The third-order valence-corrected chi connectivity index (χ3v) is 6.74. The van der Waals surface area contributed by atoms with Gasteiger partial charge in [0.2, 0.25) is 15.9 Å². The van der Waals surface area contributed by atoms with Crippen LogP contribution in [0.25, 0.3) is 0 Å². The van der Waals surface area contributed by atoms with Gasteiger partial charge in [0.15, 0.2) is 0 Å². The monoisotopic (exact) mass is 487 g/mol. The molecule has 0 aliphatic rings. The fraction of sp³-hybridized carbons (Fsp3) is 0.130. The van der Waals surface area contributed by atoms with Crippen LogP contribution in [0, 0.1) is 0 Å². The minimum absolute atomic E-state index is 0.0365. The third kappa shape index (κ3) is 6.32. The third-order valence-electron chi connectivity index (χ3n) is 4.67. The molecule has 8 nitrogen and oxygen atoms in total. The first-order chi connectivity index (χ1) is 15.7. The number of benzene rings is 3. The van der Waals surface area contributed by atoms with Crippen molar-refractivity contribution in [2.75, 3.05) is 31.3 Å². The van der Waals surface area contributed by atoms with Gasteiger partial charge in [0.05, 0.1) is 18.6 Å². The number of likely N-dealkylation sites (N-methyl/N-ethyl adjacent to an activating group) is 1. The van der Waals surface area contributed by atoms with Gasteiger partial charge in [-0.2, -0.15) is 4.31 Å².